The first kappa shape index (κ1) is 10.2. The molecule has 0 heterocycles. The molecule has 0 aromatic carbocycles. The van der Waals surface area contributed by atoms with Crippen LogP contribution in [0, 0.1) is 0 Å². The summed E-state index contributed by atoms with van der Waals surface area (Å²) in [5, 5.41) is 0. The predicted octanol–water partition coefficient (Wildman–Crippen LogP) is 0.141. The Morgan fingerprint density at radius 3 is 2.00 bits per heavy atom. The molecule has 0 rings (SSSR count). The Balaban J connectivity index is 4.90. The third kappa shape index (κ3) is 1.82. The lowest BCUT2D eigenvalue weighted by Crippen LogP contribution is -2.42. The van der Waals surface area contributed by atoms with Gasteiger partial charge in [-0.05, 0) is 0 Å². The van der Waals surface area contributed by atoms with E-state index in [0.29, 0.717) is 7.11 Å². The van der Waals surface area contributed by atoms with Crippen LogP contribution in [0.25, 0.3) is 0 Å². The third-order valence-electron chi connectivity index (χ3n) is 0.677. The number of hydrogen-bond donors (Lipinski definition) is 1. The van der Waals surface area contributed by atoms with Gasteiger partial charge in [0, 0.05) is 0 Å². The fraction of sp³-hybridized carbons (Fsp3) is 0.500. The lowest BCUT2D eigenvalue weighted by Gasteiger charge is -2.02. The summed E-state index contributed by atoms with van der Waals surface area (Å²) in [6.45, 7) is 0. The molecule has 0 aliphatic rings. The van der Waals surface area contributed by atoms with Crippen molar-refractivity contribution in [3.05, 3.63) is 0 Å². The van der Waals surface area contributed by atoms with E-state index in [2.05, 4.69) is 4.74 Å². The van der Waals surface area contributed by atoms with Crippen LogP contribution in [0.2, 0.25) is 0 Å². The molecular formula is C2H4F2NO5S+. The number of carbonyl (C=O) groups excluding carboxylic acids is 1. The van der Waals surface area contributed by atoms with E-state index in [1.54, 1.807) is 0 Å². The molecule has 0 spiro atoms. The molecule has 0 radical (unpaired) electrons. The van der Waals surface area contributed by atoms with Crippen LogP contribution in [-0.2, 0) is 15.0 Å². The molecule has 0 aliphatic heterocycles. The van der Waals surface area contributed by atoms with Crippen molar-refractivity contribution in [3.63, 3.8) is 0 Å². The summed E-state index contributed by atoms with van der Waals surface area (Å²) in [7, 11) is -5.23. The number of amides is 1. The van der Waals surface area contributed by atoms with Gasteiger partial charge in [-0.25, -0.2) is 4.55 Å². The van der Waals surface area contributed by atoms with Crippen LogP contribution in [0.4, 0.5) is 13.8 Å². The maximum atomic E-state index is 11.9. The minimum absolute atomic E-state index is 0.555. The molecule has 9 heteroatoms. The highest BCUT2D eigenvalue weighted by Gasteiger charge is 2.57. The number of rotatable bonds is 1. The summed E-state index contributed by atoms with van der Waals surface area (Å²) in [6.07, 6.45) is -2.38. The van der Waals surface area contributed by atoms with Gasteiger partial charge in [-0.3, -0.25) is 0 Å². The van der Waals surface area contributed by atoms with Crippen molar-refractivity contribution in [3.8, 4) is 0 Å². The maximum Gasteiger partial charge on any atom is 0.617 e. The molecule has 0 unspecified atom stereocenters. The van der Waals surface area contributed by atoms with Crippen molar-refractivity contribution in [2.24, 2.45) is 0 Å². The molecule has 6 nitrogen and oxygen atoms in total. The molecule has 0 saturated heterocycles. The Morgan fingerprint density at radius 1 is 1.55 bits per heavy atom. The van der Waals surface area contributed by atoms with Gasteiger partial charge < -0.3 is 4.74 Å². The average molecular weight is 192 g/mol. The second-order valence-corrected chi connectivity index (χ2v) is 2.73. The number of methoxy groups -OCH3 is 1. The van der Waals surface area contributed by atoms with Gasteiger partial charge in [0.2, 0.25) is 0 Å². The Morgan fingerprint density at radius 2 is 1.91 bits per heavy atom. The Hall–Kier alpha value is -0.800. The Labute approximate surface area is 60.3 Å². The molecule has 0 aliphatic carbocycles. The standard InChI is InChI=1S/C2H3F2NO5S/c1-10-2(6)5(3,4)11(7,8)9/h1H3/p+1. The zero-order valence-electron chi connectivity index (χ0n) is 5.19. The van der Waals surface area contributed by atoms with Crippen molar-refractivity contribution >= 4 is 16.4 Å². The summed E-state index contributed by atoms with van der Waals surface area (Å²) < 4.78 is 50.3. The van der Waals surface area contributed by atoms with Crippen LogP contribution in [0.1, 0.15) is 0 Å². The summed E-state index contributed by atoms with van der Waals surface area (Å²) >= 11 is 0. The molecule has 66 valence electrons. The van der Waals surface area contributed by atoms with Gasteiger partial charge in [-0.15, -0.1) is 8.42 Å². The molecule has 0 bridgehead atoms. The van der Waals surface area contributed by atoms with Crippen molar-refractivity contribution in [1.82, 2.24) is 0 Å². The molecule has 0 aromatic heterocycles. The van der Waals surface area contributed by atoms with Crippen LogP contribution >= 0.6 is 0 Å². The third-order valence-corrected chi connectivity index (χ3v) is 1.41. The van der Waals surface area contributed by atoms with Gasteiger partial charge in [-0.2, -0.15) is 4.79 Å². The number of quaternary nitrogens is 1. The topological polar surface area (TPSA) is 80.7 Å². The number of ether oxygens (including phenoxy) is 1. The normalized spacial score (nSPS) is 12.7. The molecule has 11 heavy (non-hydrogen) atoms. The number of nitrogens with zero attached hydrogens (tertiary/aromatic N) is 1. The van der Waals surface area contributed by atoms with Crippen LogP contribution in [0.5, 0.6) is 0 Å². The molecule has 1 amide bonds. The second-order valence-electron chi connectivity index (χ2n) is 1.38. The quantitative estimate of drug-likeness (QED) is 0.472. The van der Waals surface area contributed by atoms with Gasteiger partial charge >= 0.3 is 16.4 Å². The Kier molecular flexibility index (Phi) is 2.48. The highest BCUT2D eigenvalue weighted by atomic mass is 32.2. The monoisotopic (exact) mass is 192 g/mol. The summed E-state index contributed by atoms with van der Waals surface area (Å²) in [4.78, 5) is 9.94. The van der Waals surface area contributed by atoms with Crippen molar-refractivity contribution < 1.29 is 35.8 Å². The molecular weight excluding hydrogens is 188 g/mol. The van der Waals surface area contributed by atoms with Crippen LogP contribution in [0.15, 0.2) is 0 Å². The fourth-order valence-electron chi connectivity index (χ4n) is 0.200. The van der Waals surface area contributed by atoms with Crippen LogP contribution < -0.4 is 0 Å². The number of hydrogen-bond acceptors (Lipinski definition) is 4. The second kappa shape index (κ2) is 2.68. The zero-order valence-corrected chi connectivity index (χ0v) is 6.01. The van der Waals surface area contributed by atoms with E-state index in [-0.39, 0.29) is 0 Å². The van der Waals surface area contributed by atoms with E-state index in [9.17, 15) is 22.2 Å². The minimum atomic E-state index is -5.78. The maximum absolute atomic E-state index is 11.9. The molecule has 0 fully saturated rings. The first-order chi connectivity index (χ1) is 4.73. The lowest BCUT2D eigenvalue weighted by molar-refractivity contribution is -1.01. The van der Waals surface area contributed by atoms with Gasteiger partial charge in [0.15, 0.2) is 0 Å². The van der Waals surface area contributed by atoms with E-state index in [4.69, 9.17) is 4.55 Å². The highest BCUT2D eigenvalue weighted by molar-refractivity contribution is 7.80. The van der Waals surface area contributed by atoms with Crippen LogP contribution in [0.3, 0.4) is 0 Å². The first-order valence-corrected chi connectivity index (χ1v) is 3.47. The lowest BCUT2D eigenvalue weighted by atomic mass is 11.2. The Bertz CT molecular complexity index is 258. The first-order valence-electron chi connectivity index (χ1n) is 2.08. The van der Waals surface area contributed by atoms with Crippen molar-refractivity contribution in [2.45, 2.75) is 0 Å². The predicted molar refractivity (Wildman–Crippen MR) is 26.4 cm³/mol. The van der Waals surface area contributed by atoms with Crippen molar-refractivity contribution in [2.75, 3.05) is 7.11 Å². The zero-order chi connectivity index (χ0) is 9.28. The highest BCUT2D eigenvalue weighted by Crippen LogP contribution is 2.17. The van der Waals surface area contributed by atoms with E-state index < -0.39 is 20.7 Å². The summed E-state index contributed by atoms with van der Waals surface area (Å²) in [5.74, 6) is 0. The van der Waals surface area contributed by atoms with Crippen LogP contribution in [-0.4, -0.2) is 30.5 Å². The van der Waals surface area contributed by atoms with Crippen molar-refractivity contribution in [1.29, 1.82) is 0 Å². The van der Waals surface area contributed by atoms with Gasteiger partial charge in [0.25, 0.3) is 4.33 Å². The average Bonchev–Trinajstić information content (AvgIpc) is 1.83. The van der Waals surface area contributed by atoms with E-state index in [1.165, 1.54) is 0 Å². The fourth-order valence-corrected chi connectivity index (χ4v) is 0.463. The van der Waals surface area contributed by atoms with Gasteiger partial charge in [0.05, 0.1) is 16.1 Å². The van der Waals surface area contributed by atoms with E-state index in [0.717, 1.165) is 0 Å². The SMILES string of the molecule is COC(=O)[N+](F)(F)S(=O)(=O)O. The molecule has 0 atom stereocenters. The molecule has 0 saturated carbocycles. The van der Waals surface area contributed by atoms with E-state index >= 15 is 0 Å². The smallest absolute Gasteiger partial charge is 0.417 e. The largest absolute Gasteiger partial charge is 0.617 e. The van der Waals surface area contributed by atoms with E-state index in [1.807, 2.05) is 0 Å². The van der Waals surface area contributed by atoms with Gasteiger partial charge in [-0.1, -0.05) is 0 Å². The summed E-state index contributed by atoms with van der Waals surface area (Å²) in [5.41, 5.74) is 0. The van der Waals surface area contributed by atoms with Gasteiger partial charge in [0.1, 0.15) is 0 Å². The minimum Gasteiger partial charge on any atom is -0.417 e. The summed E-state index contributed by atoms with van der Waals surface area (Å²) in [6, 6.07) is 0. The molecule has 0 aromatic rings. The number of carbonyl (C=O) groups is 1. The molecule has 1 N–H and O–H groups in total. The number of halogens is 2.